The van der Waals surface area contributed by atoms with E-state index in [1.807, 2.05) is 0 Å². The molecule has 2 N–H and O–H groups in total. The van der Waals surface area contributed by atoms with Gasteiger partial charge in [-0.25, -0.2) is 0 Å². The molecule has 0 heterocycles. The van der Waals surface area contributed by atoms with Crippen LogP contribution in [0.3, 0.4) is 0 Å². The van der Waals surface area contributed by atoms with Crippen molar-refractivity contribution in [1.29, 1.82) is 0 Å². The lowest BCUT2D eigenvalue weighted by Gasteiger charge is -2.32. The summed E-state index contributed by atoms with van der Waals surface area (Å²) in [6.07, 6.45) is 35.7. The molecule has 0 spiro atoms. The molecule has 4 atom stereocenters. The second-order valence-electron chi connectivity index (χ2n) is 17.9. The Labute approximate surface area is 338 Å². The lowest BCUT2D eigenvalue weighted by atomic mass is 9.75. The van der Waals surface area contributed by atoms with Crippen molar-refractivity contribution in [3.8, 4) is 0 Å². The monoisotopic (exact) mass is 761 g/mol. The molecular formula is C48H96N4O2. The molecule has 0 aromatic heterocycles. The molecule has 6 heteroatoms. The van der Waals surface area contributed by atoms with Crippen molar-refractivity contribution in [2.45, 2.75) is 221 Å². The predicted octanol–water partition coefficient (Wildman–Crippen LogP) is 12.3. The van der Waals surface area contributed by atoms with Gasteiger partial charge in [-0.15, -0.1) is 0 Å². The van der Waals surface area contributed by atoms with Crippen molar-refractivity contribution < 1.29 is 9.59 Å². The fraction of sp³-hybridized carbons (Fsp3) is 0.958. The molecule has 320 valence electrons. The molecule has 0 bridgehead atoms. The van der Waals surface area contributed by atoms with Gasteiger partial charge in [0, 0.05) is 31.5 Å². The zero-order chi connectivity index (χ0) is 39.5. The van der Waals surface area contributed by atoms with E-state index in [9.17, 15) is 9.59 Å². The number of carbonyl (C=O) groups is 2. The number of amides is 2. The van der Waals surface area contributed by atoms with Gasteiger partial charge in [0.1, 0.15) is 0 Å². The number of hydrogen-bond acceptors (Lipinski definition) is 4. The van der Waals surface area contributed by atoms with Crippen molar-refractivity contribution in [2.24, 2.45) is 23.7 Å². The van der Waals surface area contributed by atoms with Crippen LogP contribution >= 0.6 is 0 Å². The van der Waals surface area contributed by atoms with Crippen LogP contribution in [0, 0.1) is 23.7 Å². The number of nitrogens with zero attached hydrogens (tertiary/aromatic N) is 2. The van der Waals surface area contributed by atoms with E-state index in [-0.39, 0.29) is 23.7 Å². The summed E-state index contributed by atoms with van der Waals surface area (Å²) in [6.45, 7) is 22.1. The van der Waals surface area contributed by atoms with Gasteiger partial charge in [0.05, 0.1) is 0 Å². The van der Waals surface area contributed by atoms with Crippen molar-refractivity contribution in [2.75, 3.05) is 52.4 Å². The largest absolute Gasteiger partial charge is 0.356 e. The third-order valence-electron chi connectivity index (χ3n) is 12.1. The Kier molecular flexibility index (Phi) is 34.1. The summed E-state index contributed by atoms with van der Waals surface area (Å²) in [4.78, 5) is 32.2. The highest BCUT2D eigenvalue weighted by atomic mass is 16.2. The quantitative estimate of drug-likeness (QED) is 0.0615. The van der Waals surface area contributed by atoms with Crippen molar-refractivity contribution in [3.05, 3.63) is 0 Å². The van der Waals surface area contributed by atoms with Gasteiger partial charge in [0.2, 0.25) is 11.8 Å². The molecule has 0 aliphatic heterocycles. The molecule has 2 amide bonds. The highest BCUT2D eigenvalue weighted by molar-refractivity contribution is 5.82. The molecule has 1 aliphatic carbocycles. The predicted molar refractivity (Wildman–Crippen MR) is 236 cm³/mol. The zero-order valence-electron chi connectivity index (χ0n) is 37.5. The lowest BCUT2D eigenvalue weighted by Crippen LogP contribution is -2.43. The molecule has 1 aliphatic rings. The first kappa shape index (κ1) is 50.9. The Hall–Kier alpha value is -1.14. The Balaban J connectivity index is 2.51. The molecule has 0 radical (unpaired) electrons. The molecule has 54 heavy (non-hydrogen) atoms. The minimum atomic E-state index is -0.0517. The van der Waals surface area contributed by atoms with Crippen LogP contribution in [-0.2, 0) is 9.59 Å². The summed E-state index contributed by atoms with van der Waals surface area (Å²) < 4.78 is 0. The summed E-state index contributed by atoms with van der Waals surface area (Å²) in [6, 6.07) is 0. The molecule has 6 nitrogen and oxygen atoms in total. The van der Waals surface area contributed by atoms with E-state index in [4.69, 9.17) is 0 Å². The van der Waals surface area contributed by atoms with Gasteiger partial charge in [0.15, 0.2) is 0 Å². The summed E-state index contributed by atoms with van der Waals surface area (Å²) in [7, 11) is 0. The van der Waals surface area contributed by atoms with Gasteiger partial charge >= 0.3 is 0 Å². The SMILES string of the molecule is CCCCCCCCN(CCCCCCCC)CCCNC(=O)C1CC(C)CC(C(=O)NCC(C)CN(CCCCCCCC)CCCCCCCC)C1. The lowest BCUT2D eigenvalue weighted by molar-refractivity contribution is -0.131. The third-order valence-corrected chi connectivity index (χ3v) is 12.1. The van der Waals surface area contributed by atoms with Gasteiger partial charge in [-0.2, -0.15) is 0 Å². The summed E-state index contributed by atoms with van der Waals surface area (Å²) in [5.74, 6) is 1.07. The second kappa shape index (κ2) is 36.2. The molecule has 4 unspecified atom stereocenters. The van der Waals surface area contributed by atoms with E-state index >= 15 is 0 Å². The van der Waals surface area contributed by atoms with Gasteiger partial charge in [-0.05, 0) is 95.9 Å². The molecule has 0 aromatic carbocycles. The van der Waals surface area contributed by atoms with E-state index in [0.717, 1.165) is 45.4 Å². The maximum Gasteiger partial charge on any atom is 0.223 e. The van der Waals surface area contributed by atoms with Crippen LogP contribution in [0.1, 0.15) is 221 Å². The van der Waals surface area contributed by atoms with Crippen LogP contribution in [0.25, 0.3) is 0 Å². The van der Waals surface area contributed by atoms with E-state index in [2.05, 4.69) is 62.0 Å². The average molecular weight is 761 g/mol. The average Bonchev–Trinajstić information content (AvgIpc) is 3.16. The molecular weight excluding hydrogens is 665 g/mol. The topological polar surface area (TPSA) is 64.7 Å². The van der Waals surface area contributed by atoms with E-state index in [0.29, 0.717) is 18.3 Å². The van der Waals surface area contributed by atoms with Crippen LogP contribution in [0.5, 0.6) is 0 Å². The summed E-state index contributed by atoms with van der Waals surface area (Å²) >= 11 is 0. The number of rotatable bonds is 38. The molecule has 0 saturated heterocycles. The molecule has 1 fully saturated rings. The number of unbranched alkanes of at least 4 members (excludes halogenated alkanes) is 20. The third kappa shape index (κ3) is 28.3. The second-order valence-corrected chi connectivity index (χ2v) is 17.9. The Morgan fingerprint density at radius 1 is 0.481 bits per heavy atom. The van der Waals surface area contributed by atoms with E-state index in [1.165, 1.54) is 180 Å². The van der Waals surface area contributed by atoms with Gasteiger partial charge in [-0.3, -0.25) is 9.59 Å². The van der Waals surface area contributed by atoms with E-state index in [1.54, 1.807) is 0 Å². The maximum atomic E-state index is 13.5. The highest BCUT2D eigenvalue weighted by Gasteiger charge is 2.34. The minimum absolute atomic E-state index is 0.0468. The van der Waals surface area contributed by atoms with Crippen LogP contribution in [0.4, 0.5) is 0 Å². The Bertz CT molecular complexity index is 821. The number of nitrogens with one attached hydrogen (secondary N) is 2. The van der Waals surface area contributed by atoms with Crippen LogP contribution in [0.15, 0.2) is 0 Å². The Morgan fingerprint density at radius 3 is 1.26 bits per heavy atom. The maximum absolute atomic E-state index is 13.5. The minimum Gasteiger partial charge on any atom is -0.356 e. The summed E-state index contributed by atoms with van der Waals surface area (Å²) in [5.41, 5.74) is 0. The molecule has 1 rings (SSSR count). The first-order valence-electron chi connectivity index (χ1n) is 24.3. The van der Waals surface area contributed by atoms with Crippen molar-refractivity contribution in [3.63, 3.8) is 0 Å². The van der Waals surface area contributed by atoms with Crippen LogP contribution in [-0.4, -0.2) is 74.0 Å². The Morgan fingerprint density at radius 2 is 0.833 bits per heavy atom. The zero-order valence-corrected chi connectivity index (χ0v) is 37.5. The fourth-order valence-corrected chi connectivity index (χ4v) is 8.71. The van der Waals surface area contributed by atoms with Gasteiger partial charge in [-0.1, -0.05) is 170 Å². The van der Waals surface area contributed by atoms with Gasteiger partial charge < -0.3 is 20.4 Å². The normalized spacial score (nSPS) is 18.0. The van der Waals surface area contributed by atoms with Crippen LogP contribution in [0.2, 0.25) is 0 Å². The number of hydrogen-bond donors (Lipinski definition) is 2. The standard InChI is InChI=1S/C48H96N4O2/c1-7-11-15-19-23-27-33-51(34-28-24-20-16-12-8-2)37-31-32-49-47(53)45-38-43(5)39-46(40-45)48(54)50-41-44(6)42-52(35-29-25-21-17-13-9-3)36-30-26-22-18-14-10-4/h43-46H,7-42H2,1-6H3,(H,49,53)(H,50,54). The van der Waals surface area contributed by atoms with E-state index < -0.39 is 0 Å². The van der Waals surface area contributed by atoms with Crippen LogP contribution < -0.4 is 10.6 Å². The number of carbonyl (C=O) groups excluding carboxylic acids is 2. The highest BCUT2D eigenvalue weighted by Crippen LogP contribution is 2.33. The first-order valence-corrected chi connectivity index (χ1v) is 24.3. The molecule has 0 aromatic rings. The smallest absolute Gasteiger partial charge is 0.223 e. The summed E-state index contributed by atoms with van der Waals surface area (Å²) in [5, 5.41) is 6.64. The van der Waals surface area contributed by atoms with Gasteiger partial charge in [0.25, 0.3) is 0 Å². The van der Waals surface area contributed by atoms with Crippen molar-refractivity contribution in [1.82, 2.24) is 20.4 Å². The molecule has 1 saturated carbocycles. The van der Waals surface area contributed by atoms with Crippen molar-refractivity contribution >= 4 is 11.8 Å². The fourth-order valence-electron chi connectivity index (χ4n) is 8.71. The first-order chi connectivity index (χ1) is 26.3.